The average Bonchev–Trinajstić information content (AvgIpc) is 3.47. The van der Waals surface area contributed by atoms with Crippen LogP contribution in [0.15, 0.2) is 71.6 Å². The quantitative estimate of drug-likeness (QED) is 0.485. The maximum absolute atomic E-state index is 12.6. The molecule has 2 aromatic carbocycles. The third kappa shape index (κ3) is 4.79. The molecule has 4 aromatic rings. The van der Waals surface area contributed by atoms with Gasteiger partial charge in [-0.1, -0.05) is 24.3 Å². The lowest BCUT2D eigenvalue weighted by atomic mass is 10.1. The molecular weight excluding hydrogens is 382 g/mol. The van der Waals surface area contributed by atoms with Crippen molar-refractivity contribution < 1.29 is 13.9 Å². The van der Waals surface area contributed by atoms with E-state index in [9.17, 15) is 4.79 Å². The van der Waals surface area contributed by atoms with Gasteiger partial charge in [-0.15, -0.1) is 5.10 Å². The molecule has 4 rings (SSSR count). The molecule has 0 aliphatic rings. The van der Waals surface area contributed by atoms with Crippen molar-refractivity contribution in [3.05, 3.63) is 95.2 Å². The fourth-order valence-corrected chi connectivity index (χ4v) is 3.10. The molecular formula is C22H21N5O3. The molecule has 8 heteroatoms. The van der Waals surface area contributed by atoms with E-state index >= 15 is 0 Å². The van der Waals surface area contributed by atoms with Gasteiger partial charge in [0.05, 0.1) is 18.6 Å². The fourth-order valence-electron chi connectivity index (χ4n) is 3.10. The molecule has 8 nitrogen and oxygen atoms in total. The number of carbonyl (C=O) groups excluding carboxylic acids is 1. The Morgan fingerprint density at radius 3 is 2.77 bits per heavy atom. The molecule has 1 amide bonds. The van der Waals surface area contributed by atoms with E-state index in [2.05, 4.69) is 20.8 Å². The third-order valence-corrected chi connectivity index (χ3v) is 4.59. The Morgan fingerprint density at radius 2 is 2.00 bits per heavy atom. The topological polar surface area (TPSA) is 95.1 Å². The SMILES string of the molecule is Cc1cc(C(=O)NCc2cccc(COCc3ccco3)c2)ccc1-n1cnnn1. The Hall–Kier alpha value is -3.78. The zero-order valence-corrected chi connectivity index (χ0v) is 16.5. The van der Waals surface area contributed by atoms with Crippen molar-refractivity contribution in [1.29, 1.82) is 0 Å². The number of hydrogen-bond acceptors (Lipinski definition) is 6. The molecule has 0 bridgehead atoms. The minimum absolute atomic E-state index is 0.138. The predicted octanol–water partition coefficient (Wildman–Crippen LogP) is 3.21. The Bertz CT molecular complexity index is 1110. The second-order valence-corrected chi connectivity index (χ2v) is 6.83. The van der Waals surface area contributed by atoms with Crippen LogP contribution in [0, 0.1) is 6.92 Å². The second-order valence-electron chi connectivity index (χ2n) is 6.83. The molecule has 0 unspecified atom stereocenters. The van der Waals surface area contributed by atoms with E-state index in [1.807, 2.05) is 55.5 Å². The summed E-state index contributed by atoms with van der Waals surface area (Å²) in [5.41, 5.74) is 4.37. The Morgan fingerprint density at radius 1 is 1.10 bits per heavy atom. The summed E-state index contributed by atoms with van der Waals surface area (Å²) in [6.45, 7) is 3.24. The molecule has 2 heterocycles. The van der Waals surface area contributed by atoms with Crippen LogP contribution in [0.2, 0.25) is 0 Å². The predicted molar refractivity (Wildman–Crippen MR) is 109 cm³/mol. The van der Waals surface area contributed by atoms with E-state index in [4.69, 9.17) is 9.15 Å². The summed E-state index contributed by atoms with van der Waals surface area (Å²) in [6, 6.07) is 17.1. The van der Waals surface area contributed by atoms with Gasteiger partial charge in [0, 0.05) is 12.1 Å². The number of nitrogens with zero attached hydrogens (tertiary/aromatic N) is 4. The van der Waals surface area contributed by atoms with Gasteiger partial charge in [-0.3, -0.25) is 4.79 Å². The maximum Gasteiger partial charge on any atom is 0.251 e. The Balaban J connectivity index is 1.33. The maximum atomic E-state index is 12.6. The van der Waals surface area contributed by atoms with Crippen LogP contribution in [0.1, 0.15) is 32.8 Å². The summed E-state index contributed by atoms with van der Waals surface area (Å²) in [7, 11) is 0. The number of amides is 1. The van der Waals surface area contributed by atoms with E-state index in [0.717, 1.165) is 28.1 Å². The van der Waals surface area contributed by atoms with Gasteiger partial charge in [-0.25, -0.2) is 4.68 Å². The van der Waals surface area contributed by atoms with Gasteiger partial charge in [-0.05, 0) is 64.4 Å². The van der Waals surface area contributed by atoms with Crippen LogP contribution in [0.5, 0.6) is 0 Å². The summed E-state index contributed by atoms with van der Waals surface area (Å²) in [5, 5.41) is 14.1. The van der Waals surface area contributed by atoms with Crippen molar-refractivity contribution >= 4 is 5.91 Å². The van der Waals surface area contributed by atoms with Crippen molar-refractivity contribution in [3.63, 3.8) is 0 Å². The molecule has 152 valence electrons. The standard InChI is InChI=1S/C22H21N5O3/c1-16-10-19(7-8-21(16)27-15-24-25-26-27)22(28)23-12-17-4-2-5-18(11-17)13-29-14-20-6-3-9-30-20/h2-11,15H,12-14H2,1H3,(H,23,28). The van der Waals surface area contributed by atoms with Crippen molar-refractivity contribution in [2.45, 2.75) is 26.7 Å². The zero-order valence-electron chi connectivity index (χ0n) is 16.5. The van der Waals surface area contributed by atoms with Crippen molar-refractivity contribution in [3.8, 4) is 5.69 Å². The first-order chi connectivity index (χ1) is 14.7. The summed E-state index contributed by atoms with van der Waals surface area (Å²) >= 11 is 0. The number of nitrogens with one attached hydrogen (secondary N) is 1. The van der Waals surface area contributed by atoms with E-state index < -0.39 is 0 Å². The number of carbonyl (C=O) groups is 1. The number of tetrazole rings is 1. The lowest BCUT2D eigenvalue weighted by Gasteiger charge is -2.10. The first-order valence-corrected chi connectivity index (χ1v) is 9.49. The van der Waals surface area contributed by atoms with E-state index in [-0.39, 0.29) is 5.91 Å². The molecule has 0 radical (unpaired) electrons. The first-order valence-electron chi connectivity index (χ1n) is 9.49. The highest BCUT2D eigenvalue weighted by Crippen LogP contribution is 2.15. The molecule has 0 saturated heterocycles. The smallest absolute Gasteiger partial charge is 0.251 e. The van der Waals surface area contributed by atoms with Gasteiger partial charge in [-0.2, -0.15) is 0 Å². The number of rotatable bonds is 8. The van der Waals surface area contributed by atoms with Gasteiger partial charge in [0.25, 0.3) is 5.91 Å². The minimum atomic E-state index is -0.138. The van der Waals surface area contributed by atoms with Crippen LogP contribution >= 0.6 is 0 Å². The Kier molecular flexibility index (Phi) is 5.95. The van der Waals surface area contributed by atoms with E-state index in [1.54, 1.807) is 17.0 Å². The van der Waals surface area contributed by atoms with E-state index in [0.29, 0.717) is 25.3 Å². The normalized spacial score (nSPS) is 10.8. The Labute approximate surface area is 173 Å². The average molecular weight is 403 g/mol. The largest absolute Gasteiger partial charge is 0.467 e. The lowest BCUT2D eigenvalue weighted by molar-refractivity contribution is 0.0928. The highest BCUT2D eigenvalue weighted by atomic mass is 16.5. The van der Waals surface area contributed by atoms with Crippen LogP contribution in [-0.2, 0) is 24.5 Å². The number of hydrogen-bond donors (Lipinski definition) is 1. The molecule has 2 aromatic heterocycles. The van der Waals surface area contributed by atoms with Crippen LogP contribution in [0.3, 0.4) is 0 Å². The van der Waals surface area contributed by atoms with Crippen LogP contribution in [0.4, 0.5) is 0 Å². The number of aromatic nitrogens is 4. The van der Waals surface area contributed by atoms with Crippen molar-refractivity contribution in [1.82, 2.24) is 25.5 Å². The van der Waals surface area contributed by atoms with Gasteiger partial charge >= 0.3 is 0 Å². The van der Waals surface area contributed by atoms with Crippen LogP contribution in [0.25, 0.3) is 5.69 Å². The number of aryl methyl sites for hydroxylation is 1. The molecule has 0 aliphatic heterocycles. The number of ether oxygens (including phenoxy) is 1. The van der Waals surface area contributed by atoms with E-state index in [1.165, 1.54) is 6.33 Å². The number of benzene rings is 2. The zero-order chi connectivity index (χ0) is 20.8. The molecule has 0 saturated carbocycles. The molecule has 0 fully saturated rings. The molecule has 1 N–H and O–H groups in total. The summed E-state index contributed by atoms with van der Waals surface area (Å²) in [5.74, 6) is 0.653. The van der Waals surface area contributed by atoms with Crippen molar-refractivity contribution in [2.24, 2.45) is 0 Å². The van der Waals surface area contributed by atoms with Gasteiger partial charge in [0.15, 0.2) is 0 Å². The molecule has 0 aliphatic carbocycles. The molecule has 0 atom stereocenters. The van der Waals surface area contributed by atoms with Gasteiger partial charge < -0.3 is 14.5 Å². The van der Waals surface area contributed by atoms with Crippen LogP contribution < -0.4 is 5.32 Å². The molecule has 30 heavy (non-hydrogen) atoms. The first kappa shape index (κ1) is 19.5. The lowest BCUT2D eigenvalue weighted by Crippen LogP contribution is -2.23. The fraction of sp³-hybridized carbons (Fsp3) is 0.182. The highest BCUT2D eigenvalue weighted by molar-refractivity contribution is 5.94. The number of furan rings is 1. The third-order valence-electron chi connectivity index (χ3n) is 4.59. The van der Waals surface area contributed by atoms with Crippen molar-refractivity contribution in [2.75, 3.05) is 0 Å². The molecule has 0 spiro atoms. The van der Waals surface area contributed by atoms with Gasteiger partial charge in [0.1, 0.15) is 18.7 Å². The minimum Gasteiger partial charge on any atom is -0.467 e. The summed E-state index contributed by atoms with van der Waals surface area (Å²) < 4.78 is 12.5. The van der Waals surface area contributed by atoms with Crippen LogP contribution in [-0.4, -0.2) is 26.1 Å². The van der Waals surface area contributed by atoms with Gasteiger partial charge in [0.2, 0.25) is 0 Å². The summed E-state index contributed by atoms with van der Waals surface area (Å²) in [4.78, 5) is 12.6. The monoisotopic (exact) mass is 403 g/mol. The highest BCUT2D eigenvalue weighted by Gasteiger charge is 2.10. The summed E-state index contributed by atoms with van der Waals surface area (Å²) in [6.07, 6.45) is 3.15. The second kappa shape index (κ2) is 9.15.